The molecule has 1 unspecified atom stereocenters. The highest BCUT2D eigenvalue weighted by molar-refractivity contribution is 7.86. The predicted octanol–water partition coefficient (Wildman–Crippen LogP) is 3.77. The van der Waals surface area contributed by atoms with Gasteiger partial charge in [0.05, 0.1) is 0 Å². The molecule has 0 aliphatic carbocycles. The van der Waals surface area contributed by atoms with E-state index in [1.807, 2.05) is 44.2 Å². The first-order chi connectivity index (χ1) is 11.9. The van der Waals surface area contributed by atoms with Crippen LogP contribution in [-0.2, 0) is 24.8 Å². The third-order valence-electron chi connectivity index (χ3n) is 4.20. The zero-order valence-corrected chi connectivity index (χ0v) is 15.3. The Morgan fingerprint density at radius 1 is 1.04 bits per heavy atom. The van der Waals surface area contributed by atoms with E-state index in [0.717, 1.165) is 11.1 Å². The molecule has 1 aliphatic rings. The maximum Gasteiger partial charge on any atom is 0.340 e. The van der Waals surface area contributed by atoms with Crippen LogP contribution in [0.2, 0.25) is 0 Å². The van der Waals surface area contributed by atoms with Gasteiger partial charge in [-0.15, -0.1) is 0 Å². The largest absolute Gasteiger partial charge is 0.463 e. The van der Waals surface area contributed by atoms with E-state index in [-0.39, 0.29) is 10.8 Å². The van der Waals surface area contributed by atoms with Crippen LogP contribution in [0.4, 0.5) is 0 Å². The molecule has 1 atom stereocenters. The predicted molar refractivity (Wildman–Crippen MR) is 94.8 cm³/mol. The number of rotatable bonds is 5. The Hall–Kier alpha value is -2.47. The average Bonchev–Trinajstić information content (AvgIpc) is 2.92. The summed E-state index contributed by atoms with van der Waals surface area (Å²) in [6, 6.07) is 16.1. The Labute approximate surface area is 148 Å². The Bertz CT molecular complexity index is 889. The summed E-state index contributed by atoms with van der Waals surface area (Å²) in [5.41, 5.74) is 1.05. The van der Waals surface area contributed by atoms with E-state index in [0.29, 0.717) is 12.2 Å². The van der Waals surface area contributed by atoms with Crippen LogP contribution in [0.25, 0.3) is 0 Å². The minimum absolute atomic E-state index is 0.105. The van der Waals surface area contributed by atoms with Gasteiger partial charge in [0.1, 0.15) is 4.90 Å². The fourth-order valence-corrected chi connectivity index (χ4v) is 3.69. The summed E-state index contributed by atoms with van der Waals surface area (Å²) in [6.07, 6.45) is 0.603. The van der Waals surface area contributed by atoms with Gasteiger partial charge in [-0.3, -0.25) is 0 Å². The summed E-state index contributed by atoms with van der Waals surface area (Å²) in [5.74, 6) is 0.521. The third kappa shape index (κ3) is 3.35. The zero-order chi connectivity index (χ0) is 18.1. The van der Waals surface area contributed by atoms with E-state index >= 15 is 0 Å². The summed E-state index contributed by atoms with van der Waals surface area (Å²) in [5, 5.41) is 3.11. The normalized spacial score (nSPS) is 20.1. The zero-order valence-electron chi connectivity index (χ0n) is 14.4. The quantitative estimate of drug-likeness (QED) is 0.823. The molecule has 25 heavy (non-hydrogen) atoms. The summed E-state index contributed by atoms with van der Waals surface area (Å²) in [6.45, 7) is 5.55. The molecule has 0 bridgehead atoms. The van der Waals surface area contributed by atoms with Crippen molar-refractivity contribution in [1.82, 2.24) is 5.32 Å². The highest BCUT2D eigenvalue weighted by Crippen LogP contribution is 2.37. The van der Waals surface area contributed by atoms with Gasteiger partial charge < -0.3 is 14.2 Å². The maximum absolute atomic E-state index is 12.5. The Morgan fingerprint density at radius 2 is 1.68 bits per heavy atom. The average molecular weight is 359 g/mol. The van der Waals surface area contributed by atoms with Gasteiger partial charge in [0.25, 0.3) is 0 Å². The van der Waals surface area contributed by atoms with Crippen LogP contribution in [0, 0.1) is 6.92 Å². The van der Waals surface area contributed by atoms with Crippen LogP contribution in [0.3, 0.4) is 0 Å². The van der Waals surface area contributed by atoms with Crippen molar-refractivity contribution in [2.75, 3.05) is 0 Å². The topological polar surface area (TPSA) is 64.6 Å². The van der Waals surface area contributed by atoms with Gasteiger partial charge in [-0.1, -0.05) is 55.0 Å². The molecule has 0 saturated heterocycles. The lowest BCUT2D eigenvalue weighted by atomic mass is 10.0. The molecule has 0 radical (unpaired) electrons. The molecule has 0 saturated carbocycles. The van der Waals surface area contributed by atoms with Crippen LogP contribution >= 0.6 is 0 Å². The van der Waals surface area contributed by atoms with E-state index in [2.05, 4.69) is 5.32 Å². The van der Waals surface area contributed by atoms with Gasteiger partial charge in [0.2, 0.25) is 11.6 Å². The van der Waals surface area contributed by atoms with Gasteiger partial charge in [-0.05, 0) is 26.0 Å². The minimum Gasteiger partial charge on any atom is -0.463 e. The fraction of sp³-hybridized carbons (Fsp3) is 0.263. The highest BCUT2D eigenvalue weighted by Gasteiger charge is 2.41. The standard InChI is InChI=1S/C19H21NO4S/c1-4-19(16-8-6-5-7-9-16)20-18(15(3)23-19)24-25(21,22)17-12-10-14(2)11-13-17/h5-13,20H,4H2,1-3H3. The second-order valence-corrected chi connectivity index (χ2v) is 7.56. The van der Waals surface area contributed by atoms with Gasteiger partial charge in [-0.25, -0.2) is 0 Å². The fourth-order valence-electron chi connectivity index (χ4n) is 2.75. The van der Waals surface area contributed by atoms with Crippen LogP contribution in [0.15, 0.2) is 71.1 Å². The third-order valence-corrected chi connectivity index (χ3v) is 5.44. The van der Waals surface area contributed by atoms with Crippen molar-refractivity contribution in [2.45, 2.75) is 37.8 Å². The van der Waals surface area contributed by atoms with Crippen LogP contribution in [-0.4, -0.2) is 8.42 Å². The summed E-state index contributed by atoms with van der Waals surface area (Å²) >= 11 is 0. The van der Waals surface area contributed by atoms with E-state index < -0.39 is 15.8 Å². The Morgan fingerprint density at radius 3 is 2.28 bits per heavy atom. The molecule has 132 valence electrons. The molecule has 2 aromatic carbocycles. The van der Waals surface area contributed by atoms with Crippen LogP contribution in [0.5, 0.6) is 0 Å². The number of allylic oxidation sites excluding steroid dienone is 1. The van der Waals surface area contributed by atoms with Crippen molar-refractivity contribution in [3.05, 3.63) is 77.4 Å². The SMILES string of the molecule is CCC1(c2ccccc2)NC(OS(=O)(=O)c2ccc(C)cc2)=C(C)O1. The van der Waals surface area contributed by atoms with Crippen LogP contribution < -0.4 is 5.32 Å². The first-order valence-corrected chi connectivity index (χ1v) is 9.52. The highest BCUT2D eigenvalue weighted by atomic mass is 32.2. The first kappa shape index (κ1) is 17.4. The monoisotopic (exact) mass is 359 g/mol. The molecule has 0 amide bonds. The maximum atomic E-state index is 12.5. The lowest BCUT2D eigenvalue weighted by molar-refractivity contribution is -0.00127. The molecule has 6 heteroatoms. The number of benzene rings is 2. The number of hydrogen-bond donors (Lipinski definition) is 1. The van der Waals surface area contributed by atoms with Crippen molar-refractivity contribution in [3.8, 4) is 0 Å². The lowest BCUT2D eigenvalue weighted by Gasteiger charge is -2.29. The van der Waals surface area contributed by atoms with E-state index in [1.165, 1.54) is 12.1 Å². The summed E-state index contributed by atoms with van der Waals surface area (Å²) in [4.78, 5) is 0.105. The number of ether oxygens (including phenoxy) is 1. The summed E-state index contributed by atoms with van der Waals surface area (Å²) in [7, 11) is -3.93. The molecule has 1 N–H and O–H groups in total. The van der Waals surface area contributed by atoms with Crippen molar-refractivity contribution in [3.63, 3.8) is 0 Å². The molecule has 1 heterocycles. The molecular weight excluding hydrogens is 338 g/mol. The smallest absolute Gasteiger partial charge is 0.340 e. The van der Waals surface area contributed by atoms with Crippen molar-refractivity contribution >= 4 is 10.1 Å². The van der Waals surface area contributed by atoms with E-state index in [1.54, 1.807) is 19.1 Å². The van der Waals surface area contributed by atoms with Crippen molar-refractivity contribution in [1.29, 1.82) is 0 Å². The first-order valence-electron chi connectivity index (χ1n) is 8.11. The molecular formula is C19H21NO4S. The molecule has 0 spiro atoms. The van der Waals surface area contributed by atoms with Gasteiger partial charge in [-0.2, -0.15) is 8.42 Å². The molecule has 3 rings (SSSR count). The number of aryl methyl sites for hydroxylation is 1. The molecule has 0 aromatic heterocycles. The number of nitrogens with one attached hydrogen (secondary N) is 1. The van der Waals surface area contributed by atoms with Crippen molar-refractivity contribution < 1.29 is 17.3 Å². The van der Waals surface area contributed by atoms with Gasteiger partial charge in [0.15, 0.2) is 5.76 Å². The minimum atomic E-state index is -3.93. The van der Waals surface area contributed by atoms with Gasteiger partial charge >= 0.3 is 10.1 Å². The van der Waals surface area contributed by atoms with E-state index in [9.17, 15) is 8.42 Å². The summed E-state index contributed by atoms with van der Waals surface area (Å²) < 4.78 is 36.4. The Balaban J connectivity index is 1.86. The molecule has 1 aliphatic heterocycles. The molecule has 0 fully saturated rings. The Kier molecular flexibility index (Phi) is 4.47. The molecule has 5 nitrogen and oxygen atoms in total. The second kappa shape index (κ2) is 6.44. The van der Waals surface area contributed by atoms with E-state index in [4.69, 9.17) is 8.92 Å². The lowest BCUT2D eigenvalue weighted by Crippen LogP contribution is -2.39. The second-order valence-electron chi connectivity index (χ2n) is 6.01. The van der Waals surface area contributed by atoms with Crippen LogP contribution in [0.1, 0.15) is 31.4 Å². The number of hydrogen-bond acceptors (Lipinski definition) is 5. The van der Waals surface area contributed by atoms with Crippen molar-refractivity contribution in [2.24, 2.45) is 0 Å². The van der Waals surface area contributed by atoms with Gasteiger partial charge in [0, 0.05) is 12.0 Å². The molecule has 2 aromatic rings.